The van der Waals surface area contributed by atoms with E-state index in [9.17, 15) is 0 Å². The lowest BCUT2D eigenvalue weighted by Crippen LogP contribution is -2.22. The molecule has 2 nitrogen and oxygen atoms in total. The van der Waals surface area contributed by atoms with Crippen molar-refractivity contribution in [3.05, 3.63) is 35.4 Å². The molecule has 1 unspecified atom stereocenters. The van der Waals surface area contributed by atoms with Crippen molar-refractivity contribution >= 4 is 0 Å². The van der Waals surface area contributed by atoms with Gasteiger partial charge in [-0.05, 0) is 42.5 Å². The van der Waals surface area contributed by atoms with E-state index in [2.05, 4.69) is 55.3 Å². The van der Waals surface area contributed by atoms with Gasteiger partial charge in [0.25, 0.3) is 0 Å². The second kappa shape index (κ2) is 6.06. The number of hydrogen-bond acceptors (Lipinski definition) is 2. The van der Waals surface area contributed by atoms with Crippen molar-refractivity contribution in [2.24, 2.45) is 5.41 Å². The first-order chi connectivity index (χ1) is 9.00. The Bertz CT molecular complexity index is 394. The number of nitrogens with one attached hydrogen (secondary N) is 1. The summed E-state index contributed by atoms with van der Waals surface area (Å²) in [5.74, 6) is 0.588. The summed E-state index contributed by atoms with van der Waals surface area (Å²) in [6, 6.07) is 9.18. The van der Waals surface area contributed by atoms with Crippen molar-refractivity contribution in [2.45, 2.75) is 39.7 Å². The molecular formula is C17H28N2. The van der Waals surface area contributed by atoms with Crippen molar-refractivity contribution < 1.29 is 0 Å². The van der Waals surface area contributed by atoms with Crippen LogP contribution in [-0.4, -0.2) is 31.6 Å². The molecule has 1 N–H and O–H groups in total. The normalized spacial score (nSPS) is 20.6. The Hall–Kier alpha value is -0.860. The summed E-state index contributed by atoms with van der Waals surface area (Å²) in [5, 5.41) is 3.24. The summed E-state index contributed by atoms with van der Waals surface area (Å²) in [5.41, 5.74) is 3.37. The molecule has 1 aliphatic rings. The maximum absolute atomic E-state index is 3.24. The van der Waals surface area contributed by atoms with E-state index in [1.165, 1.54) is 30.6 Å². The molecule has 0 amide bonds. The van der Waals surface area contributed by atoms with Gasteiger partial charge >= 0.3 is 0 Å². The third-order valence-electron chi connectivity index (χ3n) is 4.22. The minimum Gasteiger partial charge on any atom is -0.319 e. The third-order valence-corrected chi connectivity index (χ3v) is 4.22. The van der Waals surface area contributed by atoms with Gasteiger partial charge < -0.3 is 5.32 Å². The van der Waals surface area contributed by atoms with Crippen LogP contribution in [0.3, 0.4) is 0 Å². The molecule has 1 aliphatic heterocycles. The molecule has 0 radical (unpaired) electrons. The molecule has 1 aromatic rings. The van der Waals surface area contributed by atoms with Crippen LogP contribution in [-0.2, 0) is 6.54 Å². The minimum atomic E-state index is 0.501. The largest absolute Gasteiger partial charge is 0.319 e. The summed E-state index contributed by atoms with van der Waals surface area (Å²) >= 11 is 0. The Kier molecular flexibility index (Phi) is 4.64. The summed E-state index contributed by atoms with van der Waals surface area (Å²) in [4.78, 5) is 2.58. The average Bonchev–Trinajstić information content (AvgIpc) is 2.70. The van der Waals surface area contributed by atoms with Crippen molar-refractivity contribution in [1.82, 2.24) is 10.2 Å². The number of nitrogens with zero attached hydrogens (tertiary/aromatic N) is 1. The fraction of sp³-hybridized carbons (Fsp3) is 0.647. The van der Waals surface area contributed by atoms with Crippen LogP contribution >= 0.6 is 0 Å². The van der Waals surface area contributed by atoms with Crippen LogP contribution in [0, 0.1) is 5.41 Å². The van der Waals surface area contributed by atoms with Crippen LogP contribution in [0.4, 0.5) is 0 Å². The molecule has 1 saturated heterocycles. The van der Waals surface area contributed by atoms with E-state index in [0.29, 0.717) is 11.3 Å². The summed E-state index contributed by atoms with van der Waals surface area (Å²) in [6.45, 7) is 11.6. The van der Waals surface area contributed by atoms with Gasteiger partial charge in [0.2, 0.25) is 0 Å². The van der Waals surface area contributed by atoms with Gasteiger partial charge in [0, 0.05) is 19.6 Å². The molecule has 1 fully saturated rings. The highest BCUT2D eigenvalue weighted by Gasteiger charge is 2.28. The van der Waals surface area contributed by atoms with Crippen LogP contribution in [0.5, 0.6) is 0 Å². The first-order valence-corrected chi connectivity index (χ1v) is 7.46. The SMILES string of the molecule is CNCC(C)c1ccc(CN2CCC(C)(C)C2)cc1. The predicted octanol–water partition coefficient (Wildman–Crippen LogP) is 3.24. The van der Waals surface area contributed by atoms with Gasteiger partial charge in [-0.3, -0.25) is 4.90 Å². The Morgan fingerprint density at radius 3 is 2.47 bits per heavy atom. The number of rotatable bonds is 5. The Morgan fingerprint density at radius 1 is 1.26 bits per heavy atom. The van der Waals surface area contributed by atoms with Crippen molar-refractivity contribution in [2.75, 3.05) is 26.7 Å². The number of likely N-dealkylation sites (tertiary alicyclic amines) is 1. The van der Waals surface area contributed by atoms with E-state index >= 15 is 0 Å². The summed E-state index contributed by atoms with van der Waals surface area (Å²) < 4.78 is 0. The van der Waals surface area contributed by atoms with Crippen molar-refractivity contribution in [1.29, 1.82) is 0 Å². The first kappa shape index (κ1) is 14.5. The lowest BCUT2D eigenvalue weighted by Gasteiger charge is -2.20. The highest BCUT2D eigenvalue weighted by molar-refractivity contribution is 5.25. The summed E-state index contributed by atoms with van der Waals surface area (Å²) in [6.07, 6.45) is 1.32. The van der Waals surface area contributed by atoms with E-state index in [4.69, 9.17) is 0 Å². The maximum atomic E-state index is 3.24. The van der Waals surface area contributed by atoms with Gasteiger partial charge in [-0.1, -0.05) is 45.0 Å². The molecule has 0 aliphatic carbocycles. The number of likely N-dealkylation sites (N-methyl/N-ethyl adjacent to an activating group) is 1. The van der Waals surface area contributed by atoms with Gasteiger partial charge in [-0.2, -0.15) is 0 Å². The quantitative estimate of drug-likeness (QED) is 0.874. The second-order valence-corrected chi connectivity index (χ2v) is 6.83. The Morgan fingerprint density at radius 2 is 1.95 bits per heavy atom. The molecular weight excluding hydrogens is 232 g/mol. The predicted molar refractivity (Wildman–Crippen MR) is 82.5 cm³/mol. The molecule has 106 valence electrons. The van der Waals surface area contributed by atoms with E-state index < -0.39 is 0 Å². The average molecular weight is 260 g/mol. The van der Waals surface area contributed by atoms with E-state index in [1.54, 1.807) is 0 Å². The Balaban J connectivity index is 1.92. The number of hydrogen-bond donors (Lipinski definition) is 1. The topological polar surface area (TPSA) is 15.3 Å². The third kappa shape index (κ3) is 4.05. The highest BCUT2D eigenvalue weighted by atomic mass is 15.1. The van der Waals surface area contributed by atoms with E-state index in [1.807, 2.05) is 7.05 Å². The van der Waals surface area contributed by atoms with Crippen LogP contribution in [0.2, 0.25) is 0 Å². The molecule has 1 heterocycles. The highest BCUT2D eigenvalue weighted by Crippen LogP contribution is 2.29. The zero-order valence-corrected chi connectivity index (χ0v) is 12.9. The van der Waals surface area contributed by atoms with Crippen molar-refractivity contribution in [3.8, 4) is 0 Å². The number of benzene rings is 1. The van der Waals surface area contributed by atoms with E-state index in [0.717, 1.165) is 13.1 Å². The van der Waals surface area contributed by atoms with Gasteiger partial charge in [-0.25, -0.2) is 0 Å². The second-order valence-electron chi connectivity index (χ2n) is 6.83. The standard InChI is InChI=1S/C17H28N2/c1-14(11-18-4)16-7-5-15(6-8-16)12-19-10-9-17(2,3)13-19/h5-8,14,18H,9-13H2,1-4H3. The maximum Gasteiger partial charge on any atom is 0.0233 e. The minimum absolute atomic E-state index is 0.501. The molecule has 2 rings (SSSR count). The molecule has 0 saturated carbocycles. The molecule has 1 atom stereocenters. The van der Waals surface area contributed by atoms with Gasteiger partial charge in [-0.15, -0.1) is 0 Å². The summed E-state index contributed by atoms with van der Waals surface area (Å²) in [7, 11) is 2.01. The lowest BCUT2D eigenvalue weighted by atomic mass is 9.93. The lowest BCUT2D eigenvalue weighted by molar-refractivity contribution is 0.284. The fourth-order valence-corrected chi connectivity index (χ4v) is 2.99. The monoisotopic (exact) mass is 260 g/mol. The first-order valence-electron chi connectivity index (χ1n) is 7.46. The van der Waals surface area contributed by atoms with Crippen LogP contribution in [0.15, 0.2) is 24.3 Å². The molecule has 2 heteroatoms. The Labute approximate surface area is 118 Å². The van der Waals surface area contributed by atoms with Gasteiger partial charge in [0.15, 0.2) is 0 Å². The van der Waals surface area contributed by atoms with Crippen LogP contribution < -0.4 is 5.32 Å². The zero-order valence-electron chi connectivity index (χ0n) is 12.9. The van der Waals surface area contributed by atoms with Crippen LogP contribution in [0.1, 0.15) is 44.2 Å². The molecule has 1 aromatic carbocycles. The van der Waals surface area contributed by atoms with Gasteiger partial charge in [0.1, 0.15) is 0 Å². The van der Waals surface area contributed by atoms with Crippen molar-refractivity contribution in [3.63, 3.8) is 0 Å². The van der Waals surface area contributed by atoms with E-state index in [-0.39, 0.29) is 0 Å². The fourth-order valence-electron chi connectivity index (χ4n) is 2.99. The molecule has 0 bridgehead atoms. The van der Waals surface area contributed by atoms with Gasteiger partial charge in [0.05, 0.1) is 0 Å². The smallest absolute Gasteiger partial charge is 0.0233 e. The zero-order chi connectivity index (χ0) is 13.9. The molecule has 0 spiro atoms. The van der Waals surface area contributed by atoms with Crippen LogP contribution in [0.25, 0.3) is 0 Å². The molecule has 0 aromatic heterocycles. The molecule has 19 heavy (non-hydrogen) atoms.